The smallest absolute Gasteiger partial charge is 0.257 e. The van der Waals surface area contributed by atoms with Gasteiger partial charge < -0.3 is 14.6 Å². The third-order valence-electron chi connectivity index (χ3n) is 5.62. The Labute approximate surface area is 226 Å². The molecular weight excluding hydrogens is 565 g/mol. The second kappa shape index (κ2) is 11.1. The molecule has 1 fully saturated rings. The quantitative estimate of drug-likeness (QED) is 0.419. The molecule has 37 heavy (non-hydrogen) atoms. The molecule has 1 amide bonds. The normalized spacial score (nSPS) is 15.4. The molecule has 0 spiro atoms. The molecule has 1 saturated heterocycles. The molecule has 2 aromatic carbocycles. The minimum Gasteiger partial charge on any atom is -0.755 e. The van der Waals surface area contributed by atoms with Gasteiger partial charge in [-0.05, 0) is 49.4 Å². The standard InChI is InChI=1S/C22H23Cl2N5O6S2/c1-14-20(21(24)27(2)26-14)29(36(31)32)19-8-3-15(23)13-18(19)22(30)25-16-4-6-17(7-5-16)37(33,34)28-9-11-35-12-10-28/h3-8,13H,9-12H2,1-2H3,(H,25,30)(H,31,32)/p-1. The van der Waals surface area contributed by atoms with E-state index in [4.69, 9.17) is 27.9 Å². The van der Waals surface area contributed by atoms with Crippen LogP contribution in [0.5, 0.6) is 0 Å². The van der Waals surface area contributed by atoms with Crippen LogP contribution in [0.15, 0.2) is 47.4 Å². The maximum atomic E-state index is 13.3. The number of aromatic nitrogens is 2. The molecule has 3 aromatic rings. The third kappa shape index (κ3) is 5.67. The second-order valence-corrected chi connectivity index (χ2v) is 11.5. The summed E-state index contributed by atoms with van der Waals surface area (Å²) in [6.45, 7) is 2.75. The van der Waals surface area contributed by atoms with Gasteiger partial charge in [0.1, 0.15) is 5.69 Å². The molecule has 0 saturated carbocycles. The lowest BCUT2D eigenvalue weighted by atomic mass is 10.1. The van der Waals surface area contributed by atoms with E-state index in [1.807, 2.05) is 0 Å². The highest BCUT2D eigenvalue weighted by Crippen LogP contribution is 2.38. The number of morpholine rings is 1. The summed E-state index contributed by atoms with van der Waals surface area (Å²) in [7, 11) is -2.14. The fraction of sp³-hybridized carbons (Fsp3) is 0.273. The van der Waals surface area contributed by atoms with E-state index in [9.17, 15) is 22.0 Å². The Morgan fingerprint density at radius 3 is 2.38 bits per heavy atom. The highest BCUT2D eigenvalue weighted by Gasteiger charge is 2.27. The maximum Gasteiger partial charge on any atom is 0.257 e. The van der Waals surface area contributed by atoms with Crippen LogP contribution in [0.1, 0.15) is 16.1 Å². The molecule has 2 heterocycles. The molecule has 198 valence electrons. The van der Waals surface area contributed by atoms with Gasteiger partial charge in [0, 0.05) is 30.8 Å². The highest BCUT2D eigenvalue weighted by molar-refractivity contribution is 7.89. The first kappa shape index (κ1) is 27.5. The van der Waals surface area contributed by atoms with Gasteiger partial charge in [-0.2, -0.15) is 9.40 Å². The molecule has 1 aliphatic rings. The van der Waals surface area contributed by atoms with Gasteiger partial charge in [-0.25, -0.2) is 8.42 Å². The molecule has 15 heteroatoms. The topological polar surface area (TPSA) is 137 Å². The Morgan fingerprint density at radius 1 is 1.16 bits per heavy atom. The number of ether oxygens (including phenoxy) is 1. The van der Waals surface area contributed by atoms with Crippen molar-refractivity contribution < 1.29 is 26.7 Å². The van der Waals surface area contributed by atoms with Crippen molar-refractivity contribution in [2.45, 2.75) is 11.8 Å². The molecule has 11 nitrogen and oxygen atoms in total. The van der Waals surface area contributed by atoms with Crippen LogP contribution in [0, 0.1) is 6.92 Å². The summed E-state index contributed by atoms with van der Waals surface area (Å²) in [5.74, 6) is -0.672. The van der Waals surface area contributed by atoms with Crippen LogP contribution in [0.4, 0.5) is 17.1 Å². The number of carbonyl (C=O) groups is 1. The second-order valence-electron chi connectivity index (χ2n) is 8.02. The zero-order valence-corrected chi connectivity index (χ0v) is 22.8. The molecule has 1 unspecified atom stereocenters. The van der Waals surface area contributed by atoms with Crippen molar-refractivity contribution in [1.82, 2.24) is 14.1 Å². The van der Waals surface area contributed by atoms with Gasteiger partial charge in [0.05, 0.1) is 46.3 Å². The Kier molecular flexibility index (Phi) is 8.23. The number of nitrogens with one attached hydrogen (secondary N) is 1. The van der Waals surface area contributed by atoms with E-state index in [0.29, 0.717) is 24.6 Å². The summed E-state index contributed by atoms with van der Waals surface area (Å²) in [6, 6.07) is 9.81. The molecule has 4 rings (SSSR count). The molecule has 1 atom stereocenters. The number of halogens is 2. The van der Waals surface area contributed by atoms with Gasteiger partial charge in [0.25, 0.3) is 5.91 Å². The summed E-state index contributed by atoms with van der Waals surface area (Å²) >= 11 is 9.57. The first-order valence-corrected chi connectivity index (χ1v) is 14.1. The fourth-order valence-electron chi connectivity index (χ4n) is 3.84. The lowest BCUT2D eigenvalue weighted by Crippen LogP contribution is -2.40. The van der Waals surface area contributed by atoms with Gasteiger partial charge in [-0.15, -0.1) is 0 Å². The number of rotatable bonds is 7. The van der Waals surface area contributed by atoms with E-state index in [1.165, 1.54) is 51.5 Å². The van der Waals surface area contributed by atoms with Crippen molar-refractivity contribution in [2.24, 2.45) is 7.05 Å². The van der Waals surface area contributed by atoms with E-state index in [2.05, 4.69) is 10.4 Å². The Bertz CT molecular complexity index is 1460. The predicted molar refractivity (Wildman–Crippen MR) is 139 cm³/mol. The maximum absolute atomic E-state index is 13.3. The molecule has 0 bridgehead atoms. The van der Waals surface area contributed by atoms with Crippen molar-refractivity contribution in [1.29, 1.82) is 0 Å². The Balaban J connectivity index is 1.64. The van der Waals surface area contributed by atoms with Crippen molar-refractivity contribution >= 4 is 67.5 Å². The number of benzene rings is 2. The van der Waals surface area contributed by atoms with Gasteiger partial charge >= 0.3 is 0 Å². The fourth-order valence-corrected chi connectivity index (χ4v) is 6.41. The number of carbonyl (C=O) groups excluding carboxylic acids is 1. The van der Waals surface area contributed by atoms with Crippen molar-refractivity contribution in [3.8, 4) is 0 Å². The number of sulfonamides is 1. The van der Waals surface area contributed by atoms with Crippen LogP contribution >= 0.6 is 23.2 Å². The van der Waals surface area contributed by atoms with Crippen LogP contribution in [-0.4, -0.2) is 63.5 Å². The molecule has 0 radical (unpaired) electrons. The van der Waals surface area contributed by atoms with Crippen LogP contribution in [-0.2, 0) is 33.1 Å². The summed E-state index contributed by atoms with van der Waals surface area (Å²) in [5.41, 5.74) is 0.657. The average molecular weight is 587 g/mol. The molecule has 1 N–H and O–H groups in total. The minimum absolute atomic E-state index is 0.000233. The van der Waals surface area contributed by atoms with E-state index in [-0.39, 0.29) is 45.1 Å². The van der Waals surface area contributed by atoms with Gasteiger partial charge in [-0.3, -0.25) is 18.0 Å². The van der Waals surface area contributed by atoms with Gasteiger partial charge in [-0.1, -0.05) is 23.2 Å². The monoisotopic (exact) mass is 586 g/mol. The minimum atomic E-state index is -3.70. The van der Waals surface area contributed by atoms with E-state index in [0.717, 1.165) is 4.31 Å². The molecule has 1 aromatic heterocycles. The van der Waals surface area contributed by atoms with E-state index < -0.39 is 27.2 Å². The van der Waals surface area contributed by atoms with Gasteiger partial charge in [0.15, 0.2) is 5.15 Å². The van der Waals surface area contributed by atoms with Gasteiger partial charge in [0.2, 0.25) is 10.0 Å². The molecule has 0 aliphatic carbocycles. The molecular formula is C22H22Cl2N5O6S2-. The average Bonchev–Trinajstić information content (AvgIpc) is 3.12. The number of nitrogens with zero attached hydrogens (tertiary/aromatic N) is 4. The number of hydrogen-bond donors (Lipinski definition) is 1. The SMILES string of the molecule is Cc1nn(C)c(Cl)c1N(c1ccc(Cl)cc1C(=O)Nc1ccc(S(=O)(=O)N2CCOCC2)cc1)S(=O)[O-]. The lowest BCUT2D eigenvalue weighted by Gasteiger charge is -2.28. The van der Waals surface area contributed by atoms with E-state index in [1.54, 1.807) is 14.0 Å². The first-order valence-electron chi connectivity index (χ1n) is 10.9. The molecule has 1 aliphatic heterocycles. The predicted octanol–water partition coefficient (Wildman–Crippen LogP) is 3.24. The van der Waals surface area contributed by atoms with Crippen LogP contribution < -0.4 is 9.62 Å². The summed E-state index contributed by atoms with van der Waals surface area (Å²) in [4.78, 5) is 13.3. The summed E-state index contributed by atoms with van der Waals surface area (Å²) in [5, 5.41) is 7.06. The van der Waals surface area contributed by atoms with Crippen molar-refractivity contribution in [3.63, 3.8) is 0 Å². The summed E-state index contributed by atoms with van der Waals surface area (Å²) < 4.78 is 59.0. The van der Waals surface area contributed by atoms with Crippen molar-refractivity contribution in [2.75, 3.05) is 35.9 Å². The zero-order valence-electron chi connectivity index (χ0n) is 19.7. The summed E-state index contributed by atoms with van der Waals surface area (Å²) in [6.07, 6.45) is 0. The number of hydrogen-bond acceptors (Lipinski definition) is 7. The number of aryl methyl sites for hydroxylation is 2. The Morgan fingerprint density at radius 2 is 1.81 bits per heavy atom. The number of amides is 1. The van der Waals surface area contributed by atoms with E-state index >= 15 is 0 Å². The highest BCUT2D eigenvalue weighted by atomic mass is 35.5. The zero-order chi connectivity index (χ0) is 26.9. The van der Waals surface area contributed by atoms with Crippen molar-refractivity contribution in [3.05, 3.63) is 63.9 Å². The largest absolute Gasteiger partial charge is 0.755 e. The Hall–Kier alpha value is -2.52. The lowest BCUT2D eigenvalue weighted by molar-refractivity contribution is 0.0730. The van der Waals surface area contributed by atoms with Crippen LogP contribution in [0.2, 0.25) is 10.2 Å². The first-order chi connectivity index (χ1) is 17.5. The van der Waals surface area contributed by atoms with Crippen LogP contribution in [0.3, 0.4) is 0 Å². The van der Waals surface area contributed by atoms with Crippen LogP contribution in [0.25, 0.3) is 0 Å². The third-order valence-corrected chi connectivity index (χ3v) is 8.87. The number of anilines is 3.